The van der Waals surface area contributed by atoms with E-state index in [1.54, 1.807) is 20.4 Å². The lowest BCUT2D eigenvalue weighted by Crippen LogP contribution is -1.95. The molecule has 0 aliphatic rings. The van der Waals surface area contributed by atoms with Crippen molar-refractivity contribution >= 4 is 0 Å². The van der Waals surface area contributed by atoms with Crippen molar-refractivity contribution < 1.29 is 13.9 Å². The van der Waals surface area contributed by atoms with E-state index in [1.165, 1.54) is 0 Å². The molecule has 17 heavy (non-hydrogen) atoms. The van der Waals surface area contributed by atoms with E-state index in [9.17, 15) is 0 Å². The Labute approximate surface area is 99.2 Å². The quantitative estimate of drug-likeness (QED) is 0.873. The van der Waals surface area contributed by atoms with Gasteiger partial charge in [-0.25, -0.2) is 4.98 Å². The van der Waals surface area contributed by atoms with E-state index >= 15 is 0 Å². The number of para-hydroxylation sites is 1. The zero-order valence-electron chi connectivity index (χ0n) is 9.77. The first-order valence-electron chi connectivity index (χ1n) is 5.16. The smallest absolute Gasteiger partial charge is 0.208 e. The van der Waals surface area contributed by atoms with Crippen LogP contribution in [0, 0.1) is 0 Å². The Kier molecular flexibility index (Phi) is 3.30. The van der Waals surface area contributed by atoms with E-state index in [2.05, 4.69) is 4.98 Å². The Hall–Kier alpha value is -2.01. The van der Waals surface area contributed by atoms with Crippen molar-refractivity contribution in [3.63, 3.8) is 0 Å². The van der Waals surface area contributed by atoms with Gasteiger partial charge in [-0.3, -0.25) is 0 Å². The molecule has 1 aromatic carbocycles. The van der Waals surface area contributed by atoms with E-state index in [-0.39, 0.29) is 6.54 Å². The molecule has 5 heteroatoms. The molecule has 0 atom stereocenters. The maximum absolute atomic E-state index is 5.49. The third-order valence-corrected chi connectivity index (χ3v) is 2.40. The molecule has 0 saturated heterocycles. The summed E-state index contributed by atoms with van der Waals surface area (Å²) in [5, 5.41) is 0. The Morgan fingerprint density at radius 1 is 1.29 bits per heavy atom. The van der Waals surface area contributed by atoms with Gasteiger partial charge < -0.3 is 19.6 Å². The summed E-state index contributed by atoms with van der Waals surface area (Å²) in [6.45, 7) is 0.270. The summed E-state index contributed by atoms with van der Waals surface area (Å²) in [5.74, 6) is 2.37. The molecular weight excluding hydrogens is 220 g/mol. The van der Waals surface area contributed by atoms with Gasteiger partial charge in [-0.1, -0.05) is 6.07 Å². The van der Waals surface area contributed by atoms with Gasteiger partial charge in [0.25, 0.3) is 0 Å². The second-order valence-corrected chi connectivity index (χ2v) is 3.36. The fraction of sp³-hybridized carbons (Fsp3) is 0.250. The van der Waals surface area contributed by atoms with Gasteiger partial charge in [-0.05, 0) is 12.1 Å². The largest absolute Gasteiger partial charge is 0.493 e. The maximum Gasteiger partial charge on any atom is 0.208 e. The number of nitrogens with two attached hydrogens (primary N) is 1. The summed E-state index contributed by atoms with van der Waals surface area (Å²) in [4.78, 5) is 4.05. The second kappa shape index (κ2) is 4.88. The topological polar surface area (TPSA) is 70.5 Å². The Bertz CT molecular complexity index is 508. The average molecular weight is 234 g/mol. The Morgan fingerprint density at radius 2 is 2.12 bits per heavy atom. The molecule has 0 aliphatic carbocycles. The molecule has 2 aromatic rings. The molecule has 0 bridgehead atoms. The fourth-order valence-electron chi connectivity index (χ4n) is 1.61. The molecule has 0 amide bonds. The van der Waals surface area contributed by atoms with Crippen LogP contribution in [-0.2, 0) is 6.54 Å². The third-order valence-electron chi connectivity index (χ3n) is 2.40. The van der Waals surface area contributed by atoms with Gasteiger partial charge in [-0.15, -0.1) is 0 Å². The second-order valence-electron chi connectivity index (χ2n) is 3.36. The van der Waals surface area contributed by atoms with Crippen molar-refractivity contribution in [2.75, 3.05) is 14.2 Å². The summed E-state index contributed by atoms with van der Waals surface area (Å²) >= 11 is 0. The SMILES string of the molecule is COc1cccc(-c2cnc(CN)o2)c1OC. The van der Waals surface area contributed by atoms with E-state index in [4.69, 9.17) is 19.6 Å². The van der Waals surface area contributed by atoms with Crippen LogP contribution in [0.1, 0.15) is 5.89 Å². The lowest BCUT2D eigenvalue weighted by Gasteiger charge is -2.10. The van der Waals surface area contributed by atoms with Crippen molar-refractivity contribution in [3.05, 3.63) is 30.3 Å². The number of hydrogen-bond donors (Lipinski definition) is 1. The first-order valence-corrected chi connectivity index (χ1v) is 5.16. The number of rotatable bonds is 4. The van der Waals surface area contributed by atoms with Crippen LogP contribution in [0.3, 0.4) is 0 Å². The number of aromatic nitrogens is 1. The lowest BCUT2D eigenvalue weighted by atomic mass is 10.1. The molecule has 5 nitrogen and oxygen atoms in total. The predicted octanol–water partition coefficient (Wildman–Crippen LogP) is 1.82. The van der Waals surface area contributed by atoms with Crippen LogP contribution in [0.25, 0.3) is 11.3 Å². The van der Waals surface area contributed by atoms with Gasteiger partial charge in [0.15, 0.2) is 17.3 Å². The monoisotopic (exact) mass is 234 g/mol. The molecule has 0 saturated carbocycles. The first kappa shape index (κ1) is 11.5. The number of methoxy groups -OCH3 is 2. The maximum atomic E-state index is 5.49. The van der Waals surface area contributed by atoms with Gasteiger partial charge in [0.1, 0.15) is 0 Å². The van der Waals surface area contributed by atoms with Gasteiger partial charge in [-0.2, -0.15) is 0 Å². The van der Waals surface area contributed by atoms with Gasteiger partial charge >= 0.3 is 0 Å². The molecular formula is C12H14N2O3. The number of hydrogen-bond acceptors (Lipinski definition) is 5. The Balaban J connectivity index is 2.50. The molecule has 1 heterocycles. The number of ether oxygens (including phenoxy) is 2. The average Bonchev–Trinajstić information content (AvgIpc) is 2.86. The van der Waals surface area contributed by atoms with Crippen molar-refractivity contribution in [1.29, 1.82) is 0 Å². The highest BCUT2D eigenvalue weighted by atomic mass is 16.5. The van der Waals surface area contributed by atoms with E-state index in [1.807, 2.05) is 18.2 Å². The van der Waals surface area contributed by atoms with E-state index < -0.39 is 0 Å². The minimum absolute atomic E-state index is 0.270. The minimum atomic E-state index is 0.270. The molecule has 0 unspecified atom stereocenters. The van der Waals surface area contributed by atoms with Crippen molar-refractivity contribution in [2.45, 2.75) is 6.54 Å². The summed E-state index contributed by atoms with van der Waals surface area (Å²) in [5.41, 5.74) is 6.25. The summed E-state index contributed by atoms with van der Waals surface area (Å²) in [7, 11) is 3.18. The third kappa shape index (κ3) is 2.09. The normalized spacial score (nSPS) is 10.3. The number of oxazole rings is 1. The molecule has 2 rings (SSSR count). The van der Waals surface area contributed by atoms with Gasteiger partial charge in [0, 0.05) is 0 Å². The van der Waals surface area contributed by atoms with Crippen molar-refractivity contribution in [1.82, 2.24) is 4.98 Å². The number of benzene rings is 1. The highest BCUT2D eigenvalue weighted by Gasteiger charge is 2.14. The van der Waals surface area contributed by atoms with Crippen LogP contribution in [0.2, 0.25) is 0 Å². The molecule has 2 N–H and O–H groups in total. The zero-order valence-corrected chi connectivity index (χ0v) is 9.77. The first-order chi connectivity index (χ1) is 8.30. The van der Waals surface area contributed by atoms with Crippen LogP contribution in [0.15, 0.2) is 28.8 Å². The molecule has 0 aliphatic heterocycles. The predicted molar refractivity (Wildman–Crippen MR) is 62.9 cm³/mol. The summed E-state index contributed by atoms with van der Waals surface area (Å²) < 4.78 is 16.0. The van der Waals surface area contributed by atoms with E-state index in [0.717, 1.165) is 5.56 Å². The number of nitrogens with zero attached hydrogens (tertiary/aromatic N) is 1. The standard InChI is InChI=1S/C12H14N2O3/c1-15-9-5-3-4-8(12(9)16-2)10-7-14-11(6-13)17-10/h3-5,7H,6,13H2,1-2H3. The minimum Gasteiger partial charge on any atom is -0.493 e. The zero-order chi connectivity index (χ0) is 12.3. The molecule has 0 spiro atoms. The van der Waals surface area contributed by atoms with Crippen LogP contribution in [0.5, 0.6) is 11.5 Å². The van der Waals surface area contributed by atoms with Gasteiger partial charge in [0.2, 0.25) is 5.89 Å². The fourth-order valence-corrected chi connectivity index (χ4v) is 1.61. The lowest BCUT2D eigenvalue weighted by molar-refractivity contribution is 0.355. The van der Waals surface area contributed by atoms with Crippen molar-refractivity contribution in [2.24, 2.45) is 5.73 Å². The van der Waals surface area contributed by atoms with Crippen molar-refractivity contribution in [3.8, 4) is 22.8 Å². The molecule has 1 aromatic heterocycles. The van der Waals surface area contributed by atoms with Crippen LogP contribution in [0.4, 0.5) is 0 Å². The highest BCUT2D eigenvalue weighted by molar-refractivity contribution is 5.69. The highest BCUT2D eigenvalue weighted by Crippen LogP contribution is 2.37. The molecule has 0 fully saturated rings. The molecule has 90 valence electrons. The van der Waals surface area contributed by atoms with Crippen LogP contribution in [-0.4, -0.2) is 19.2 Å². The van der Waals surface area contributed by atoms with Gasteiger partial charge in [0.05, 0.1) is 32.5 Å². The van der Waals surface area contributed by atoms with Crippen LogP contribution < -0.4 is 15.2 Å². The summed E-state index contributed by atoms with van der Waals surface area (Å²) in [6, 6.07) is 5.56. The molecule has 0 radical (unpaired) electrons. The van der Waals surface area contributed by atoms with Crippen LogP contribution >= 0.6 is 0 Å². The Morgan fingerprint density at radius 3 is 2.71 bits per heavy atom. The van der Waals surface area contributed by atoms with E-state index in [0.29, 0.717) is 23.1 Å². The summed E-state index contributed by atoms with van der Waals surface area (Å²) in [6.07, 6.45) is 1.62.